The van der Waals surface area contributed by atoms with E-state index in [-0.39, 0.29) is 0 Å². The van der Waals surface area contributed by atoms with E-state index in [0.29, 0.717) is 0 Å². The van der Waals surface area contributed by atoms with Gasteiger partial charge in [-0.3, -0.25) is 0 Å². The molecule has 0 aromatic rings. The molecule has 2 heteroatoms. The number of rotatable bonds is 1. The molecule has 0 aromatic heterocycles. The first-order valence-electron chi connectivity index (χ1n) is 1.06. The first-order valence-corrected chi connectivity index (χ1v) is 2.75. The molecule has 0 fully saturated rings. The highest BCUT2D eigenvalue weighted by atomic mass is 79.9. The van der Waals surface area contributed by atoms with Crippen molar-refractivity contribution in [1.29, 1.82) is 0 Å². The maximum Gasteiger partial charge on any atom is 0.179 e. The Hall–Kier alpha value is 0.770. The molecule has 0 rings (SSSR count). The van der Waals surface area contributed by atoms with Crippen molar-refractivity contribution in [2.45, 2.75) is 0 Å². The van der Waals surface area contributed by atoms with E-state index in [0.717, 1.165) is 11.2 Å². The normalized spacial score (nSPS) is 7.50. The maximum absolute atomic E-state index is 4.51. The van der Waals surface area contributed by atoms with Gasteiger partial charge in [-0.25, -0.2) is 0 Å². The fourth-order valence-electron chi connectivity index (χ4n) is 0. The van der Waals surface area contributed by atoms with Gasteiger partial charge in [0.05, 0.1) is 5.33 Å². The van der Waals surface area contributed by atoms with Crippen LogP contribution in [0.3, 0.4) is 0 Å². The highest BCUT2D eigenvalue weighted by Gasteiger charge is 1.71. The molecule has 4 heavy (non-hydrogen) atoms. The molecule has 0 saturated carbocycles. The number of halogens is 2. The van der Waals surface area contributed by atoms with E-state index < -0.39 is 0 Å². The maximum atomic E-state index is 4.51. The smallest absolute Gasteiger partial charge is 0.0869 e. The zero-order chi connectivity index (χ0) is 3.41. The zero-order valence-electron chi connectivity index (χ0n) is 2.20. The van der Waals surface area contributed by atoms with Crippen LogP contribution in [0, 0.1) is 11.6 Å². The van der Waals surface area contributed by atoms with Crippen molar-refractivity contribution < 1.29 is 11.6 Å². The summed E-state index contributed by atoms with van der Waals surface area (Å²) in [6.07, 6.45) is 0. The Kier molecular flexibility index (Phi) is 4.50. The molecule has 0 nitrogen and oxygen atoms in total. The zero-order valence-corrected chi connectivity index (χ0v) is 4.60. The van der Waals surface area contributed by atoms with Gasteiger partial charge >= 0.3 is 0 Å². The van der Waals surface area contributed by atoms with Crippen molar-refractivity contribution in [2.24, 2.45) is 0 Å². The third-order valence-electron chi connectivity index (χ3n) is 0.0772. The molecule has 0 bridgehead atoms. The summed E-state index contributed by atoms with van der Waals surface area (Å²) in [6, 6.07) is 0. The van der Waals surface area contributed by atoms with E-state index in [1.165, 1.54) is 0 Å². The second-order valence-corrected chi connectivity index (χ2v) is 1.59. The molecule has 0 heterocycles. The largest absolute Gasteiger partial charge is 0.179 e. The quantitative estimate of drug-likeness (QED) is 0.475. The summed E-state index contributed by atoms with van der Waals surface area (Å²) < 4.78 is 0. The fourth-order valence-corrected chi connectivity index (χ4v) is 0. The van der Waals surface area contributed by atoms with Crippen LogP contribution in [0.1, 0.15) is 0 Å². The van der Waals surface area contributed by atoms with E-state index in [4.69, 9.17) is 0 Å². The molecule has 0 N–H and O–H groups in total. The Morgan fingerprint density at radius 2 is 2.00 bits per heavy atom. The lowest BCUT2D eigenvalue weighted by Crippen LogP contribution is -1.70. The molecular formula is C2H5BrCl+. The standard InChI is InChI=1S/C2H5BrCl/c3-1-2-4/h4H,1-2H2/q+1. The van der Waals surface area contributed by atoms with Crippen LogP contribution in [-0.4, -0.2) is 11.2 Å². The molecule has 0 aromatic carbocycles. The first kappa shape index (κ1) is 4.77. The molecule has 0 aliphatic carbocycles. The van der Waals surface area contributed by atoms with Gasteiger partial charge in [0.1, 0.15) is 11.6 Å². The Morgan fingerprint density at radius 3 is 2.00 bits per heavy atom. The van der Waals surface area contributed by atoms with Crippen molar-refractivity contribution in [3.8, 4) is 0 Å². The van der Waals surface area contributed by atoms with Gasteiger partial charge in [0.25, 0.3) is 0 Å². The Bertz CT molecular complexity index is 8.00. The van der Waals surface area contributed by atoms with Crippen LogP contribution in [0.15, 0.2) is 0 Å². The van der Waals surface area contributed by atoms with Gasteiger partial charge in [-0.1, -0.05) is 15.9 Å². The lowest BCUT2D eigenvalue weighted by molar-refractivity contribution is -0.360. The van der Waals surface area contributed by atoms with E-state index in [1.807, 2.05) is 0 Å². The van der Waals surface area contributed by atoms with Crippen LogP contribution in [-0.2, 0) is 0 Å². The summed E-state index contributed by atoms with van der Waals surface area (Å²) >= 11 is 7.65. The molecule has 0 aliphatic rings. The second kappa shape index (κ2) is 3.77. The highest BCUT2D eigenvalue weighted by molar-refractivity contribution is 9.09. The minimum atomic E-state index is 0.819. The topological polar surface area (TPSA) is 0 Å². The molecule has 0 radical (unpaired) electrons. The average molecular weight is 144 g/mol. The first-order chi connectivity index (χ1) is 1.91. The summed E-state index contributed by atoms with van der Waals surface area (Å²) in [5.41, 5.74) is 0. The summed E-state index contributed by atoms with van der Waals surface area (Å²) in [7, 11) is 0. The molecule has 0 aliphatic heterocycles. The van der Waals surface area contributed by atoms with Crippen LogP contribution >= 0.6 is 15.9 Å². The monoisotopic (exact) mass is 143 g/mol. The minimum absolute atomic E-state index is 0.819. The minimum Gasteiger partial charge on any atom is -0.0869 e. The van der Waals surface area contributed by atoms with E-state index >= 15 is 0 Å². The summed E-state index contributed by atoms with van der Waals surface area (Å²) in [5.74, 6) is 0.819. The van der Waals surface area contributed by atoms with Crippen molar-refractivity contribution in [2.75, 3.05) is 11.2 Å². The molecule has 0 unspecified atom stereocenters. The van der Waals surface area contributed by atoms with Crippen molar-refractivity contribution in [1.82, 2.24) is 0 Å². The van der Waals surface area contributed by atoms with E-state index in [1.54, 1.807) is 0 Å². The predicted octanol–water partition coefficient (Wildman–Crippen LogP) is 0.663. The van der Waals surface area contributed by atoms with E-state index in [9.17, 15) is 0 Å². The van der Waals surface area contributed by atoms with Gasteiger partial charge in [-0.05, 0) is 0 Å². The van der Waals surface area contributed by atoms with Gasteiger partial charge in [0, 0.05) is 0 Å². The van der Waals surface area contributed by atoms with Gasteiger partial charge in [-0.15, -0.1) is 0 Å². The van der Waals surface area contributed by atoms with Crippen LogP contribution in [0.2, 0.25) is 0 Å². The third kappa shape index (κ3) is 2.77. The Balaban J connectivity index is 1.97. The highest BCUT2D eigenvalue weighted by Crippen LogP contribution is 1.71. The molecule has 0 spiro atoms. The fraction of sp³-hybridized carbons (Fsp3) is 1.00. The van der Waals surface area contributed by atoms with Crippen LogP contribution in [0.5, 0.6) is 0 Å². The van der Waals surface area contributed by atoms with Gasteiger partial charge in [0.15, 0.2) is 5.88 Å². The van der Waals surface area contributed by atoms with Crippen LogP contribution in [0.4, 0.5) is 0 Å². The molecular weight excluding hydrogens is 139 g/mol. The van der Waals surface area contributed by atoms with Gasteiger partial charge in [0.2, 0.25) is 0 Å². The summed E-state index contributed by atoms with van der Waals surface area (Å²) in [4.78, 5) is 0. The lowest BCUT2D eigenvalue weighted by Gasteiger charge is -1.54. The van der Waals surface area contributed by atoms with Crippen LogP contribution < -0.4 is 0 Å². The second-order valence-electron chi connectivity index (χ2n) is 0.393. The Morgan fingerprint density at radius 1 is 1.75 bits per heavy atom. The number of alkyl halides is 2. The van der Waals surface area contributed by atoms with Crippen molar-refractivity contribution in [3.05, 3.63) is 0 Å². The van der Waals surface area contributed by atoms with Gasteiger partial charge < -0.3 is 0 Å². The molecule has 0 saturated heterocycles. The summed E-state index contributed by atoms with van der Waals surface area (Å²) in [5, 5.41) is 0.947. The third-order valence-corrected chi connectivity index (χ3v) is 1.20. The van der Waals surface area contributed by atoms with E-state index in [2.05, 4.69) is 27.5 Å². The number of hydrogen-bond donors (Lipinski definition) is 0. The molecule has 0 atom stereocenters. The van der Waals surface area contributed by atoms with Crippen molar-refractivity contribution >= 4 is 15.9 Å². The SMILES string of the molecule is [ClH+]CCBr. The average Bonchev–Trinajstić information content (AvgIpc) is 1.37. The Labute approximate surface area is 39.3 Å². The summed E-state index contributed by atoms with van der Waals surface area (Å²) in [6.45, 7) is 0. The molecule has 0 amide bonds. The van der Waals surface area contributed by atoms with Crippen molar-refractivity contribution in [3.63, 3.8) is 0 Å². The predicted molar refractivity (Wildman–Crippen MR) is 20.1 cm³/mol. The van der Waals surface area contributed by atoms with Crippen LogP contribution in [0.25, 0.3) is 0 Å². The number of hydrogen-bond acceptors (Lipinski definition) is 0. The lowest BCUT2D eigenvalue weighted by atomic mass is 11.0. The molecule has 26 valence electrons. The van der Waals surface area contributed by atoms with Gasteiger partial charge in [-0.2, -0.15) is 0 Å².